The molecule has 2 atom stereocenters. The molecule has 1 aromatic rings. The zero-order valence-corrected chi connectivity index (χ0v) is 15.1. The molecule has 0 saturated heterocycles. The third kappa shape index (κ3) is 6.15. The van der Waals surface area contributed by atoms with Gasteiger partial charge in [-0.1, -0.05) is 30.1 Å². The fourth-order valence-corrected chi connectivity index (χ4v) is 2.87. The van der Waals surface area contributed by atoms with Crippen LogP contribution in [0.2, 0.25) is 10.0 Å². The van der Waals surface area contributed by atoms with E-state index in [1.165, 1.54) is 6.07 Å². The number of hydrogen-bond donors (Lipinski definition) is 1. The lowest BCUT2D eigenvalue weighted by Crippen LogP contribution is -2.27. The van der Waals surface area contributed by atoms with Crippen LogP contribution in [0.3, 0.4) is 0 Å². The molecule has 0 amide bonds. The van der Waals surface area contributed by atoms with Crippen LogP contribution in [0.25, 0.3) is 0 Å². The van der Waals surface area contributed by atoms with E-state index in [9.17, 15) is 9.90 Å². The highest BCUT2D eigenvalue weighted by Gasteiger charge is 2.25. The maximum absolute atomic E-state index is 12.6. The number of halogens is 2. The summed E-state index contributed by atoms with van der Waals surface area (Å²) in [5, 5.41) is 12.9. The van der Waals surface area contributed by atoms with Gasteiger partial charge in [-0.25, -0.2) is 4.99 Å². The number of carbonyl (C=O) groups is 1. The summed E-state index contributed by atoms with van der Waals surface area (Å²) in [7, 11) is 0. The Morgan fingerprint density at radius 2 is 2.05 bits per heavy atom. The Morgan fingerprint density at radius 3 is 2.55 bits per heavy atom. The average Bonchev–Trinajstić information content (AvgIpc) is 2.38. The van der Waals surface area contributed by atoms with Crippen molar-refractivity contribution in [1.29, 1.82) is 0 Å². The van der Waals surface area contributed by atoms with Crippen LogP contribution in [-0.4, -0.2) is 27.7 Å². The number of carbonyl (C=O) groups excluding carboxylic acids is 1. The molecule has 0 fully saturated rings. The summed E-state index contributed by atoms with van der Waals surface area (Å²) in [5.41, 5.74) is -0.360. The Bertz CT molecular complexity index is 592. The van der Waals surface area contributed by atoms with E-state index < -0.39 is 11.6 Å². The number of aliphatic hydroxyl groups is 1. The molecular formula is C16H19Cl2NO2S. The zero-order chi connectivity index (χ0) is 16.9. The summed E-state index contributed by atoms with van der Waals surface area (Å²) in [6.45, 7) is 5.44. The molecule has 2 unspecified atom stereocenters. The molecule has 0 aromatic heterocycles. The topological polar surface area (TPSA) is 49.7 Å². The van der Waals surface area contributed by atoms with Crippen LogP contribution in [-0.2, 0) is 0 Å². The van der Waals surface area contributed by atoms with Crippen molar-refractivity contribution < 1.29 is 9.90 Å². The monoisotopic (exact) mass is 359 g/mol. The smallest absolute Gasteiger partial charge is 0.188 e. The van der Waals surface area contributed by atoms with E-state index in [0.29, 0.717) is 28.5 Å². The lowest BCUT2D eigenvalue weighted by Gasteiger charge is -2.23. The molecule has 1 aromatic carbocycles. The molecule has 0 aliphatic rings. The fourth-order valence-electron chi connectivity index (χ4n) is 2.44. The van der Waals surface area contributed by atoms with Gasteiger partial charge in [-0.15, -0.1) is 0 Å². The minimum atomic E-state index is -0.794. The number of rotatable bonds is 7. The average molecular weight is 360 g/mol. The van der Waals surface area contributed by atoms with Crippen molar-refractivity contribution in [1.82, 2.24) is 0 Å². The highest BCUT2D eigenvalue weighted by molar-refractivity contribution is 7.78. The van der Waals surface area contributed by atoms with Gasteiger partial charge in [0.1, 0.15) is 6.04 Å². The van der Waals surface area contributed by atoms with Gasteiger partial charge >= 0.3 is 0 Å². The highest BCUT2D eigenvalue weighted by Crippen LogP contribution is 2.26. The van der Waals surface area contributed by atoms with Crippen molar-refractivity contribution in [3.8, 4) is 0 Å². The normalized spacial score (nSPS) is 14.1. The van der Waals surface area contributed by atoms with E-state index >= 15 is 0 Å². The molecule has 1 N–H and O–H groups in total. The summed E-state index contributed by atoms with van der Waals surface area (Å²) in [5.74, 6) is -0.0812. The second-order valence-electron chi connectivity index (χ2n) is 6.09. The third-order valence-electron chi connectivity index (χ3n) is 3.19. The molecule has 22 heavy (non-hydrogen) atoms. The van der Waals surface area contributed by atoms with E-state index in [4.69, 9.17) is 23.2 Å². The number of aliphatic imine (C=N–C) groups is 1. The zero-order valence-electron chi connectivity index (χ0n) is 12.8. The minimum absolute atomic E-state index is 0.101. The second kappa shape index (κ2) is 8.19. The first-order valence-electron chi connectivity index (χ1n) is 6.92. The van der Waals surface area contributed by atoms with Crippen molar-refractivity contribution in [2.75, 3.05) is 0 Å². The molecule has 0 saturated carbocycles. The van der Waals surface area contributed by atoms with Crippen LogP contribution < -0.4 is 0 Å². The molecule has 0 spiro atoms. The standard InChI is InChI=1S/C16H19Cl2NO2S/c1-10(8-16(2,3)21)6-14(19-9-22)15(20)11-4-5-12(17)13(18)7-11/h4-5,7,10,14,21H,6,8H2,1-3H3. The first-order chi connectivity index (χ1) is 10.1. The summed E-state index contributed by atoms with van der Waals surface area (Å²) >= 11 is 16.4. The van der Waals surface area contributed by atoms with Gasteiger partial charge in [0.15, 0.2) is 5.78 Å². The molecule has 1 rings (SSSR count). The van der Waals surface area contributed by atoms with E-state index in [0.717, 1.165) is 0 Å². The number of isothiocyanates is 1. The Morgan fingerprint density at radius 1 is 1.41 bits per heavy atom. The predicted molar refractivity (Wildman–Crippen MR) is 94.3 cm³/mol. The maximum atomic E-state index is 12.6. The maximum Gasteiger partial charge on any atom is 0.188 e. The van der Waals surface area contributed by atoms with Crippen LogP contribution in [0, 0.1) is 5.92 Å². The van der Waals surface area contributed by atoms with E-state index in [1.54, 1.807) is 26.0 Å². The molecule has 0 heterocycles. The number of hydrogen-bond acceptors (Lipinski definition) is 4. The van der Waals surface area contributed by atoms with E-state index in [2.05, 4.69) is 22.4 Å². The number of nitrogens with zero attached hydrogens (tertiary/aromatic N) is 1. The molecule has 120 valence electrons. The van der Waals surface area contributed by atoms with Crippen molar-refractivity contribution in [2.45, 2.75) is 45.3 Å². The second-order valence-corrected chi connectivity index (χ2v) is 7.08. The van der Waals surface area contributed by atoms with Crippen LogP contribution in [0.5, 0.6) is 0 Å². The first kappa shape index (κ1) is 19.3. The number of benzene rings is 1. The van der Waals surface area contributed by atoms with Gasteiger partial charge in [0.05, 0.1) is 20.8 Å². The van der Waals surface area contributed by atoms with Crippen LogP contribution in [0.1, 0.15) is 44.0 Å². The molecule has 0 aliphatic heterocycles. The Kier molecular flexibility index (Phi) is 7.17. The SMILES string of the molecule is CC(CC(N=C=S)C(=O)c1ccc(Cl)c(Cl)c1)CC(C)(C)O. The summed E-state index contributed by atoms with van der Waals surface area (Å²) in [6, 6.07) is 4.09. The molecular weight excluding hydrogens is 341 g/mol. The Hall–Kier alpha value is -0.770. The molecule has 0 bridgehead atoms. The van der Waals surface area contributed by atoms with Crippen LogP contribution in [0.15, 0.2) is 23.2 Å². The fraction of sp³-hybridized carbons (Fsp3) is 0.500. The number of thiocarbonyl (C=S) groups is 1. The Labute approximate surface area is 146 Å². The van der Waals surface area contributed by atoms with Gasteiger partial charge in [-0.05, 0) is 63.0 Å². The number of ketones is 1. The lowest BCUT2D eigenvalue weighted by atomic mass is 9.88. The molecule has 3 nitrogen and oxygen atoms in total. The van der Waals surface area contributed by atoms with Crippen molar-refractivity contribution in [3.63, 3.8) is 0 Å². The van der Waals surface area contributed by atoms with Gasteiger partial charge in [0.2, 0.25) is 0 Å². The van der Waals surface area contributed by atoms with Crippen molar-refractivity contribution in [3.05, 3.63) is 33.8 Å². The van der Waals surface area contributed by atoms with Gasteiger partial charge in [0.25, 0.3) is 0 Å². The number of Topliss-reactive ketones (excluding diaryl/α,β-unsaturated/α-hetero) is 1. The quantitative estimate of drug-likeness (QED) is 0.430. The summed E-state index contributed by atoms with van der Waals surface area (Å²) < 4.78 is 0. The van der Waals surface area contributed by atoms with Gasteiger partial charge in [-0.2, -0.15) is 0 Å². The minimum Gasteiger partial charge on any atom is -0.390 e. The predicted octanol–water partition coefficient (Wildman–Crippen LogP) is 4.83. The van der Waals surface area contributed by atoms with Crippen molar-refractivity contribution >= 4 is 46.4 Å². The summed E-state index contributed by atoms with van der Waals surface area (Å²) in [6.07, 6.45) is 1.04. The van der Waals surface area contributed by atoms with Gasteiger partial charge in [-0.3, -0.25) is 4.79 Å². The lowest BCUT2D eigenvalue weighted by molar-refractivity contribution is 0.0522. The van der Waals surface area contributed by atoms with E-state index in [-0.39, 0.29) is 11.7 Å². The first-order valence-corrected chi connectivity index (χ1v) is 8.09. The van der Waals surface area contributed by atoms with Crippen LogP contribution >= 0.6 is 35.4 Å². The van der Waals surface area contributed by atoms with Crippen molar-refractivity contribution in [2.24, 2.45) is 10.9 Å². The molecule has 0 radical (unpaired) electrons. The third-order valence-corrected chi connectivity index (χ3v) is 4.03. The Balaban J connectivity index is 2.92. The highest BCUT2D eigenvalue weighted by atomic mass is 35.5. The largest absolute Gasteiger partial charge is 0.390 e. The van der Waals surface area contributed by atoms with Gasteiger partial charge < -0.3 is 5.11 Å². The van der Waals surface area contributed by atoms with E-state index in [1.807, 2.05) is 6.92 Å². The molecule has 0 aliphatic carbocycles. The summed E-state index contributed by atoms with van der Waals surface area (Å²) in [4.78, 5) is 16.5. The molecule has 6 heteroatoms. The van der Waals surface area contributed by atoms with Crippen LogP contribution in [0.4, 0.5) is 0 Å². The van der Waals surface area contributed by atoms with Gasteiger partial charge in [0, 0.05) is 5.56 Å².